The molecule has 0 spiro atoms. The normalized spacial score (nSPS) is 20.4. The lowest BCUT2D eigenvalue weighted by molar-refractivity contribution is -0.142. The molecule has 0 saturated carbocycles. The van der Waals surface area contributed by atoms with E-state index < -0.39 is 5.60 Å². The summed E-state index contributed by atoms with van der Waals surface area (Å²) < 4.78 is 7.08. The fraction of sp³-hybridized carbons (Fsp3) is 0.0556. The molecule has 0 aromatic heterocycles. The Balaban J connectivity index is 2.15. The lowest BCUT2D eigenvalue weighted by Gasteiger charge is -2.23. The highest BCUT2D eigenvalue weighted by atomic mass is 127. The molecule has 0 bridgehead atoms. The van der Waals surface area contributed by atoms with E-state index >= 15 is 0 Å². The molecular formula is C18H10I2O2. The minimum Gasteiger partial charge on any atom is -0.433 e. The SMILES string of the molecule is O=C1OC(C#Cc2ccccc2)(c2ccccc2)C(I)=C1I. The first kappa shape index (κ1) is 15.6. The van der Waals surface area contributed by atoms with Crippen molar-refractivity contribution in [2.75, 3.05) is 0 Å². The molecule has 1 heterocycles. The van der Waals surface area contributed by atoms with Gasteiger partial charge in [0.2, 0.25) is 5.60 Å². The molecule has 0 radical (unpaired) electrons. The monoisotopic (exact) mass is 512 g/mol. The van der Waals surface area contributed by atoms with Crippen molar-refractivity contribution < 1.29 is 9.53 Å². The summed E-state index contributed by atoms with van der Waals surface area (Å²) in [6.07, 6.45) is 0. The third-order valence-corrected chi connectivity index (χ3v) is 6.57. The maximum absolute atomic E-state index is 12.0. The van der Waals surface area contributed by atoms with Gasteiger partial charge in [0.05, 0.1) is 3.58 Å². The fourth-order valence-corrected chi connectivity index (χ4v) is 3.43. The Labute approximate surface area is 156 Å². The van der Waals surface area contributed by atoms with Crippen molar-refractivity contribution in [1.82, 2.24) is 0 Å². The molecule has 108 valence electrons. The smallest absolute Gasteiger partial charge is 0.347 e. The van der Waals surface area contributed by atoms with Crippen LogP contribution in [-0.2, 0) is 15.1 Å². The number of halogens is 2. The molecule has 1 unspecified atom stereocenters. The molecule has 22 heavy (non-hydrogen) atoms. The Bertz CT molecular complexity index is 801. The van der Waals surface area contributed by atoms with Crippen LogP contribution in [-0.4, -0.2) is 5.97 Å². The number of hydrogen-bond donors (Lipinski definition) is 0. The Morgan fingerprint density at radius 1 is 0.909 bits per heavy atom. The second-order valence-corrected chi connectivity index (χ2v) is 6.84. The van der Waals surface area contributed by atoms with Crippen LogP contribution >= 0.6 is 45.2 Å². The van der Waals surface area contributed by atoms with Gasteiger partial charge in [0, 0.05) is 11.1 Å². The number of carbonyl (C=O) groups is 1. The van der Waals surface area contributed by atoms with E-state index in [1.165, 1.54) is 0 Å². The van der Waals surface area contributed by atoms with Gasteiger partial charge in [-0.15, -0.1) is 0 Å². The van der Waals surface area contributed by atoms with Gasteiger partial charge in [-0.1, -0.05) is 54.5 Å². The van der Waals surface area contributed by atoms with Gasteiger partial charge in [0.25, 0.3) is 0 Å². The number of rotatable bonds is 1. The Hall–Kier alpha value is -1.33. The summed E-state index contributed by atoms with van der Waals surface area (Å²) >= 11 is 4.18. The summed E-state index contributed by atoms with van der Waals surface area (Å²) in [5, 5.41) is 0. The van der Waals surface area contributed by atoms with E-state index in [-0.39, 0.29) is 5.97 Å². The molecule has 1 aliphatic heterocycles. The Morgan fingerprint density at radius 2 is 1.50 bits per heavy atom. The predicted octanol–water partition coefficient (Wildman–Crippen LogP) is 4.57. The molecular weight excluding hydrogens is 502 g/mol. The van der Waals surface area contributed by atoms with Crippen molar-refractivity contribution >= 4 is 51.2 Å². The third-order valence-electron chi connectivity index (χ3n) is 3.26. The zero-order chi connectivity index (χ0) is 15.6. The van der Waals surface area contributed by atoms with Crippen LogP contribution in [0.5, 0.6) is 0 Å². The van der Waals surface area contributed by atoms with Crippen LogP contribution in [0.1, 0.15) is 11.1 Å². The van der Waals surface area contributed by atoms with Gasteiger partial charge in [-0.25, -0.2) is 4.79 Å². The second kappa shape index (κ2) is 6.42. The van der Waals surface area contributed by atoms with Crippen molar-refractivity contribution in [3.05, 3.63) is 79.0 Å². The predicted molar refractivity (Wildman–Crippen MR) is 103 cm³/mol. The zero-order valence-corrected chi connectivity index (χ0v) is 15.7. The zero-order valence-electron chi connectivity index (χ0n) is 11.3. The van der Waals surface area contributed by atoms with Crippen LogP contribution < -0.4 is 0 Å². The molecule has 0 saturated heterocycles. The van der Waals surface area contributed by atoms with Crippen molar-refractivity contribution in [1.29, 1.82) is 0 Å². The Morgan fingerprint density at radius 3 is 2.05 bits per heavy atom. The molecule has 1 aliphatic rings. The van der Waals surface area contributed by atoms with E-state index in [1.54, 1.807) is 0 Å². The highest BCUT2D eigenvalue weighted by Gasteiger charge is 2.46. The summed E-state index contributed by atoms with van der Waals surface area (Å²) in [6, 6.07) is 19.3. The summed E-state index contributed by atoms with van der Waals surface area (Å²) in [4.78, 5) is 12.0. The summed E-state index contributed by atoms with van der Waals surface area (Å²) in [6.45, 7) is 0. The van der Waals surface area contributed by atoms with Crippen LogP contribution in [0.25, 0.3) is 0 Å². The number of hydrogen-bond acceptors (Lipinski definition) is 2. The van der Waals surface area contributed by atoms with E-state index in [9.17, 15) is 4.79 Å². The van der Waals surface area contributed by atoms with Crippen molar-refractivity contribution in [2.45, 2.75) is 5.60 Å². The second-order valence-electron chi connectivity index (χ2n) is 4.68. The first-order chi connectivity index (χ1) is 10.6. The van der Waals surface area contributed by atoms with Gasteiger partial charge in [-0.3, -0.25) is 0 Å². The highest BCUT2D eigenvalue weighted by molar-refractivity contribution is 14.1. The maximum Gasteiger partial charge on any atom is 0.347 e. The first-order valence-electron chi connectivity index (χ1n) is 6.56. The number of ether oxygens (including phenoxy) is 1. The van der Waals surface area contributed by atoms with Crippen LogP contribution in [0, 0.1) is 11.8 Å². The van der Waals surface area contributed by atoms with E-state index in [0.717, 1.165) is 14.7 Å². The molecule has 2 aromatic carbocycles. The summed E-state index contributed by atoms with van der Waals surface area (Å²) in [5.74, 6) is 5.98. The van der Waals surface area contributed by atoms with Gasteiger partial charge < -0.3 is 4.74 Å². The van der Waals surface area contributed by atoms with E-state index in [0.29, 0.717) is 3.58 Å². The molecule has 3 rings (SSSR count). The first-order valence-corrected chi connectivity index (χ1v) is 8.72. The standard InChI is InChI=1S/C18H10I2O2/c19-15-16(20)18(22-17(15)21,14-9-5-2-6-10-14)12-11-13-7-3-1-4-8-13/h1-10H. The average Bonchev–Trinajstić information content (AvgIpc) is 2.80. The number of benzene rings is 2. The molecule has 4 heteroatoms. The lowest BCUT2D eigenvalue weighted by atomic mass is 9.94. The lowest BCUT2D eigenvalue weighted by Crippen LogP contribution is -2.25. The van der Waals surface area contributed by atoms with Crippen molar-refractivity contribution in [2.24, 2.45) is 0 Å². The van der Waals surface area contributed by atoms with E-state index in [1.807, 2.05) is 83.3 Å². The summed E-state index contributed by atoms with van der Waals surface area (Å²) in [5.41, 5.74) is 0.744. The average molecular weight is 512 g/mol. The van der Waals surface area contributed by atoms with Crippen LogP contribution in [0.2, 0.25) is 0 Å². The molecule has 0 aliphatic carbocycles. The van der Waals surface area contributed by atoms with Crippen molar-refractivity contribution in [3.63, 3.8) is 0 Å². The molecule has 0 amide bonds. The third kappa shape index (κ3) is 2.79. The molecule has 0 fully saturated rings. The largest absolute Gasteiger partial charge is 0.433 e. The van der Waals surface area contributed by atoms with Gasteiger partial charge in [0.1, 0.15) is 3.58 Å². The molecule has 1 atom stereocenters. The minimum atomic E-state index is -1.01. The van der Waals surface area contributed by atoms with Gasteiger partial charge in [0.15, 0.2) is 0 Å². The number of cyclic esters (lactones) is 1. The maximum atomic E-state index is 12.0. The molecule has 2 aromatic rings. The van der Waals surface area contributed by atoms with Crippen LogP contribution in [0.4, 0.5) is 0 Å². The Kier molecular flexibility index (Phi) is 4.54. The molecule has 0 N–H and O–H groups in total. The highest BCUT2D eigenvalue weighted by Crippen LogP contribution is 2.46. The number of carbonyl (C=O) groups excluding carboxylic acids is 1. The fourth-order valence-electron chi connectivity index (χ4n) is 2.17. The summed E-state index contributed by atoms with van der Waals surface area (Å²) in [7, 11) is 0. The number of esters is 1. The van der Waals surface area contributed by atoms with Crippen molar-refractivity contribution in [3.8, 4) is 11.8 Å². The van der Waals surface area contributed by atoms with E-state index in [4.69, 9.17) is 4.74 Å². The van der Waals surface area contributed by atoms with Gasteiger partial charge in [-0.2, -0.15) is 0 Å². The van der Waals surface area contributed by atoms with Gasteiger partial charge in [-0.05, 0) is 63.2 Å². The van der Waals surface area contributed by atoms with Gasteiger partial charge >= 0.3 is 5.97 Å². The minimum absolute atomic E-state index is 0.323. The van der Waals surface area contributed by atoms with Crippen LogP contribution in [0.15, 0.2) is 67.8 Å². The molecule has 2 nitrogen and oxygen atoms in total. The van der Waals surface area contributed by atoms with Crippen LogP contribution in [0.3, 0.4) is 0 Å². The van der Waals surface area contributed by atoms with E-state index in [2.05, 4.69) is 34.4 Å². The quantitative estimate of drug-likeness (QED) is 0.318. The topological polar surface area (TPSA) is 26.3 Å².